The van der Waals surface area contributed by atoms with Gasteiger partial charge in [-0.25, -0.2) is 4.39 Å². The zero-order chi connectivity index (χ0) is 13.5. The summed E-state index contributed by atoms with van der Waals surface area (Å²) in [6, 6.07) is 4.30. The lowest BCUT2D eigenvalue weighted by atomic mass is 10.1. The number of carbonyl (C=O) groups is 1. The summed E-state index contributed by atoms with van der Waals surface area (Å²) in [5.74, 6) is -0.904. The van der Waals surface area contributed by atoms with E-state index in [4.69, 9.17) is 5.73 Å². The van der Waals surface area contributed by atoms with Crippen molar-refractivity contribution in [1.82, 2.24) is 0 Å². The zero-order valence-corrected chi connectivity index (χ0v) is 11.0. The molecule has 3 N–H and O–H groups in total. The van der Waals surface area contributed by atoms with E-state index >= 15 is 0 Å². The summed E-state index contributed by atoms with van der Waals surface area (Å²) in [6.07, 6.45) is 4.43. The molecule has 100 valence electrons. The third kappa shape index (κ3) is 4.35. The van der Waals surface area contributed by atoms with Crippen LogP contribution in [0.2, 0.25) is 0 Å². The minimum absolute atomic E-state index is 0.175. The van der Waals surface area contributed by atoms with Gasteiger partial charge in [-0.2, -0.15) is 0 Å². The van der Waals surface area contributed by atoms with E-state index in [-0.39, 0.29) is 11.9 Å². The highest BCUT2D eigenvalue weighted by Crippen LogP contribution is 2.18. The fourth-order valence-corrected chi connectivity index (χ4v) is 1.83. The fourth-order valence-electron chi connectivity index (χ4n) is 1.83. The molecule has 0 fully saturated rings. The predicted octanol–water partition coefficient (Wildman–Crippen LogP) is 3.31. The quantitative estimate of drug-likeness (QED) is 0.731. The van der Waals surface area contributed by atoms with E-state index in [2.05, 4.69) is 12.2 Å². The van der Waals surface area contributed by atoms with Crippen molar-refractivity contribution >= 4 is 11.6 Å². The summed E-state index contributed by atoms with van der Waals surface area (Å²) in [5.41, 5.74) is 5.83. The van der Waals surface area contributed by atoms with Crippen LogP contribution in [0.3, 0.4) is 0 Å². The maximum absolute atomic E-state index is 13.6. The van der Waals surface area contributed by atoms with Gasteiger partial charge in [-0.05, 0) is 31.5 Å². The van der Waals surface area contributed by atoms with Gasteiger partial charge in [0.05, 0.1) is 5.69 Å². The highest BCUT2D eigenvalue weighted by atomic mass is 19.1. The first-order chi connectivity index (χ1) is 8.54. The Kier molecular flexibility index (Phi) is 5.62. The highest BCUT2D eigenvalue weighted by Gasteiger charge is 2.09. The number of amides is 1. The molecule has 1 aromatic rings. The van der Waals surface area contributed by atoms with Gasteiger partial charge in [0.15, 0.2) is 0 Å². The minimum Gasteiger partial charge on any atom is -0.380 e. The Morgan fingerprint density at radius 2 is 2.17 bits per heavy atom. The lowest BCUT2D eigenvalue weighted by molar-refractivity contribution is 0.100. The topological polar surface area (TPSA) is 55.1 Å². The maximum atomic E-state index is 13.6. The summed E-state index contributed by atoms with van der Waals surface area (Å²) in [5, 5.41) is 3.08. The van der Waals surface area contributed by atoms with Crippen molar-refractivity contribution in [3.8, 4) is 0 Å². The highest BCUT2D eigenvalue weighted by molar-refractivity contribution is 5.93. The number of carbonyl (C=O) groups excluding carboxylic acids is 1. The van der Waals surface area contributed by atoms with Gasteiger partial charge in [0.1, 0.15) is 5.82 Å². The van der Waals surface area contributed by atoms with Crippen molar-refractivity contribution in [3.63, 3.8) is 0 Å². The van der Waals surface area contributed by atoms with Crippen molar-refractivity contribution in [2.75, 3.05) is 5.32 Å². The number of nitrogens with one attached hydrogen (secondary N) is 1. The second-order valence-electron chi connectivity index (χ2n) is 4.60. The van der Waals surface area contributed by atoms with E-state index in [0.29, 0.717) is 11.3 Å². The number of benzene rings is 1. The Labute approximate surface area is 108 Å². The first-order valence-electron chi connectivity index (χ1n) is 6.40. The lowest BCUT2D eigenvalue weighted by Gasteiger charge is -2.16. The van der Waals surface area contributed by atoms with Crippen LogP contribution in [0.1, 0.15) is 49.9 Å². The number of hydrogen-bond donors (Lipinski definition) is 2. The molecule has 18 heavy (non-hydrogen) atoms. The molecule has 1 unspecified atom stereocenters. The number of primary amides is 1. The SMILES string of the molecule is CCCCCC(C)Nc1cc(C(N)=O)ccc1F. The third-order valence-corrected chi connectivity index (χ3v) is 2.89. The number of anilines is 1. The largest absolute Gasteiger partial charge is 0.380 e. The van der Waals surface area contributed by atoms with E-state index in [1.807, 2.05) is 6.92 Å². The second-order valence-corrected chi connectivity index (χ2v) is 4.60. The van der Waals surface area contributed by atoms with Crippen LogP contribution in [0.25, 0.3) is 0 Å². The summed E-state index contributed by atoms with van der Waals surface area (Å²) in [6.45, 7) is 4.15. The number of hydrogen-bond acceptors (Lipinski definition) is 2. The molecule has 0 heterocycles. The van der Waals surface area contributed by atoms with Gasteiger partial charge in [-0.1, -0.05) is 26.2 Å². The summed E-state index contributed by atoms with van der Waals surface area (Å²) < 4.78 is 13.6. The van der Waals surface area contributed by atoms with Crippen LogP contribution in [-0.2, 0) is 0 Å². The number of nitrogens with two attached hydrogens (primary N) is 1. The monoisotopic (exact) mass is 252 g/mol. The van der Waals surface area contributed by atoms with Crippen molar-refractivity contribution in [3.05, 3.63) is 29.6 Å². The fraction of sp³-hybridized carbons (Fsp3) is 0.500. The Bertz CT molecular complexity index is 407. The van der Waals surface area contributed by atoms with Gasteiger partial charge in [-0.3, -0.25) is 4.79 Å². The summed E-state index contributed by atoms with van der Waals surface area (Å²) in [4.78, 5) is 11.0. The van der Waals surface area contributed by atoms with Gasteiger partial charge < -0.3 is 11.1 Å². The molecule has 0 aliphatic carbocycles. The molecule has 1 aromatic carbocycles. The van der Waals surface area contributed by atoms with Crippen LogP contribution < -0.4 is 11.1 Å². The molecule has 0 aliphatic heterocycles. The van der Waals surface area contributed by atoms with Crippen LogP contribution in [-0.4, -0.2) is 11.9 Å². The van der Waals surface area contributed by atoms with E-state index < -0.39 is 5.91 Å². The Balaban J connectivity index is 2.65. The average molecular weight is 252 g/mol. The van der Waals surface area contributed by atoms with Gasteiger partial charge in [-0.15, -0.1) is 0 Å². The van der Waals surface area contributed by atoms with Gasteiger partial charge in [0, 0.05) is 11.6 Å². The molecule has 0 saturated heterocycles. The van der Waals surface area contributed by atoms with E-state index in [1.54, 1.807) is 0 Å². The van der Waals surface area contributed by atoms with Crippen LogP contribution in [0.15, 0.2) is 18.2 Å². The van der Waals surface area contributed by atoms with Gasteiger partial charge >= 0.3 is 0 Å². The van der Waals surface area contributed by atoms with Crippen molar-refractivity contribution in [1.29, 1.82) is 0 Å². The first-order valence-corrected chi connectivity index (χ1v) is 6.40. The van der Waals surface area contributed by atoms with E-state index in [1.165, 1.54) is 24.6 Å². The maximum Gasteiger partial charge on any atom is 0.248 e. The molecule has 0 spiro atoms. The molecular formula is C14H21FN2O. The molecular weight excluding hydrogens is 231 g/mol. The van der Waals surface area contributed by atoms with Crippen LogP contribution in [0.5, 0.6) is 0 Å². The van der Waals surface area contributed by atoms with Crippen molar-refractivity contribution in [2.45, 2.75) is 45.6 Å². The molecule has 0 aliphatic rings. The zero-order valence-electron chi connectivity index (χ0n) is 11.0. The molecule has 1 amide bonds. The Morgan fingerprint density at radius 3 is 2.78 bits per heavy atom. The average Bonchev–Trinajstić information content (AvgIpc) is 2.32. The molecule has 1 atom stereocenters. The predicted molar refractivity (Wildman–Crippen MR) is 72.1 cm³/mol. The number of halogens is 1. The third-order valence-electron chi connectivity index (χ3n) is 2.89. The molecule has 0 saturated carbocycles. The Morgan fingerprint density at radius 1 is 1.44 bits per heavy atom. The van der Waals surface area contributed by atoms with Gasteiger partial charge in [0.25, 0.3) is 0 Å². The van der Waals surface area contributed by atoms with Crippen molar-refractivity contribution in [2.24, 2.45) is 5.73 Å². The van der Waals surface area contributed by atoms with Crippen LogP contribution in [0.4, 0.5) is 10.1 Å². The first kappa shape index (κ1) is 14.5. The normalized spacial score (nSPS) is 12.2. The Hall–Kier alpha value is -1.58. The molecule has 4 heteroatoms. The molecule has 0 aromatic heterocycles. The standard InChI is InChI=1S/C14H21FN2O/c1-3-4-5-6-10(2)17-13-9-11(14(16)18)7-8-12(13)15/h7-10,17H,3-6H2,1-2H3,(H2,16,18). The molecule has 0 radical (unpaired) electrons. The lowest BCUT2D eigenvalue weighted by Crippen LogP contribution is -2.17. The number of unbranched alkanes of at least 4 members (excludes halogenated alkanes) is 2. The summed E-state index contributed by atoms with van der Waals surface area (Å²) in [7, 11) is 0. The smallest absolute Gasteiger partial charge is 0.248 e. The van der Waals surface area contributed by atoms with E-state index in [0.717, 1.165) is 19.3 Å². The van der Waals surface area contributed by atoms with Gasteiger partial charge in [0.2, 0.25) is 5.91 Å². The summed E-state index contributed by atoms with van der Waals surface area (Å²) >= 11 is 0. The van der Waals surface area contributed by atoms with Crippen molar-refractivity contribution < 1.29 is 9.18 Å². The second kappa shape index (κ2) is 6.99. The van der Waals surface area contributed by atoms with E-state index in [9.17, 15) is 9.18 Å². The van der Waals surface area contributed by atoms with Crippen LogP contribution >= 0.6 is 0 Å². The number of rotatable bonds is 7. The molecule has 3 nitrogen and oxygen atoms in total. The molecule has 1 rings (SSSR count). The van der Waals surface area contributed by atoms with Crippen LogP contribution in [0, 0.1) is 5.82 Å². The molecule has 0 bridgehead atoms. The minimum atomic E-state index is -0.545.